The smallest absolute Gasteiger partial charge is 0.191 e. The molecule has 2 atom stereocenters. The average Bonchev–Trinajstić information content (AvgIpc) is 3.28. The monoisotopic (exact) mass is 395 g/mol. The van der Waals surface area contributed by atoms with Gasteiger partial charge in [0.25, 0.3) is 0 Å². The standard InChI is InChI=1S/C21H25N5OS/c1-17(18-8-6-9-19(16-18)26-14-7-12-24-26)25-21(22-2)23-13-15-28(27)20-10-4-3-5-11-20/h3-12,14,16-17H,13,15H2,1-2H3,(H2,22,23,25). The molecule has 0 aliphatic rings. The van der Waals surface area contributed by atoms with Crippen LogP contribution in [0.1, 0.15) is 18.5 Å². The second-order valence-corrected chi connectivity index (χ2v) is 7.84. The van der Waals surface area contributed by atoms with Crippen LogP contribution in [0, 0.1) is 0 Å². The molecule has 0 spiro atoms. The van der Waals surface area contributed by atoms with Crippen molar-refractivity contribution in [2.24, 2.45) is 4.99 Å². The lowest BCUT2D eigenvalue weighted by Gasteiger charge is -2.19. The van der Waals surface area contributed by atoms with Crippen LogP contribution in [0.3, 0.4) is 0 Å². The van der Waals surface area contributed by atoms with Crippen molar-refractivity contribution >= 4 is 16.8 Å². The van der Waals surface area contributed by atoms with Gasteiger partial charge in [0.15, 0.2) is 5.96 Å². The summed E-state index contributed by atoms with van der Waals surface area (Å²) in [6.07, 6.45) is 3.68. The van der Waals surface area contributed by atoms with Crippen molar-refractivity contribution < 1.29 is 4.21 Å². The molecule has 0 aliphatic heterocycles. The molecule has 1 heterocycles. The fourth-order valence-electron chi connectivity index (χ4n) is 2.79. The second kappa shape index (κ2) is 9.85. The maximum absolute atomic E-state index is 12.3. The van der Waals surface area contributed by atoms with E-state index >= 15 is 0 Å². The van der Waals surface area contributed by atoms with Gasteiger partial charge in [0, 0.05) is 36.6 Å². The Morgan fingerprint density at radius 1 is 1.18 bits per heavy atom. The summed E-state index contributed by atoms with van der Waals surface area (Å²) in [4.78, 5) is 5.12. The van der Waals surface area contributed by atoms with E-state index in [9.17, 15) is 4.21 Å². The predicted octanol–water partition coefficient (Wildman–Crippen LogP) is 2.91. The van der Waals surface area contributed by atoms with Crippen molar-refractivity contribution in [2.45, 2.75) is 17.9 Å². The van der Waals surface area contributed by atoms with E-state index in [-0.39, 0.29) is 6.04 Å². The van der Waals surface area contributed by atoms with Gasteiger partial charge in [-0.05, 0) is 42.8 Å². The first kappa shape index (κ1) is 19.8. The van der Waals surface area contributed by atoms with Gasteiger partial charge in [0.1, 0.15) is 0 Å². The summed E-state index contributed by atoms with van der Waals surface area (Å²) in [7, 11) is 0.707. The van der Waals surface area contributed by atoms with Crippen LogP contribution in [-0.4, -0.2) is 39.3 Å². The van der Waals surface area contributed by atoms with Gasteiger partial charge in [-0.15, -0.1) is 0 Å². The number of guanidine groups is 1. The molecule has 146 valence electrons. The van der Waals surface area contributed by atoms with Crippen LogP contribution >= 0.6 is 0 Å². The van der Waals surface area contributed by atoms with E-state index in [0.29, 0.717) is 18.3 Å². The number of rotatable bonds is 7. The first-order chi connectivity index (χ1) is 13.7. The molecular weight excluding hydrogens is 370 g/mol. The molecule has 28 heavy (non-hydrogen) atoms. The van der Waals surface area contributed by atoms with Gasteiger partial charge in [0.05, 0.1) is 22.5 Å². The van der Waals surface area contributed by atoms with Gasteiger partial charge in [-0.3, -0.25) is 9.20 Å². The Morgan fingerprint density at radius 3 is 2.71 bits per heavy atom. The van der Waals surface area contributed by atoms with Crippen LogP contribution in [0.25, 0.3) is 5.69 Å². The highest BCUT2D eigenvalue weighted by Gasteiger charge is 2.10. The van der Waals surface area contributed by atoms with Gasteiger partial charge < -0.3 is 10.6 Å². The normalized spacial score (nSPS) is 13.7. The van der Waals surface area contributed by atoms with Crippen molar-refractivity contribution in [1.29, 1.82) is 0 Å². The summed E-state index contributed by atoms with van der Waals surface area (Å²) >= 11 is 0. The van der Waals surface area contributed by atoms with Crippen molar-refractivity contribution in [3.63, 3.8) is 0 Å². The van der Waals surface area contributed by atoms with Crippen LogP contribution in [-0.2, 0) is 10.8 Å². The highest BCUT2D eigenvalue weighted by atomic mass is 32.2. The van der Waals surface area contributed by atoms with E-state index in [1.807, 2.05) is 59.4 Å². The van der Waals surface area contributed by atoms with E-state index in [0.717, 1.165) is 16.1 Å². The largest absolute Gasteiger partial charge is 0.355 e. The van der Waals surface area contributed by atoms with Crippen molar-refractivity contribution in [2.75, 3.05) is 19.3 Å². The summed E-state index contributed by atoms with van der Waals surface area (Å²) in [5.74, 6) is 1.20. The Labute approximate surface area is 168 Å². The Hall–Kier alpha value is -2.93. The fourth-order valence-corrected chi connectivity index (χ4v) is 3.78. The number of aliphatic imine (C=N–C) groups is 1. The lowest BCUT2D eigenvalue weighted by atomic mass is 10.1. The Bertz CT molecular complexity index is 925. The zero-order valence-corrected chi connectivity index (χ0v) is 16.9. The lowest BCUT2D eigenvalue weighted by molar-refractivity contribution is 0.676. The summed E-state index contributed by atoms with van der Waals surface area (Å²) < 4.78 is 14.1. The first-order valence-corrected chi connectivity index (χ1v) is 10.5. The van der Waals surface area contributed by atoms with Crippen molar-refractivity contribution in [3.05, 3.63) is 78.6 Å². The molecular formula is C21H25N5OS. The van der Waals surface area contributed by atoms with E-state index in [4.69, 9.17) is 0 Å². The molecule has 0 saturated carbocycles. The first-order valence-electron chi connectivity index (χ1n) is 9.18. The summed E-state index contributed by atoms with van der Waals surface area (Å²) in [5, 5.41) is 10.9. The molecule has 7 heteroatoms. The minimum Gasteiger partial charge on any atom is -0.355 e. The van der Waals surface area contributed by atoms with Crippen LogP contribution in [0.15, 0.2) is 82.9 Å². The summed E-state index contributed by atoms with van der Waals surface area (Å²) in [6, 6.07) is 19.7. The Balaban J connectivity index is 1.54. The molecule has 0 amide bonds. The van der Waals surface area contributed by atoms with Gasteiger partial charge in [-0.1, -0.05) is 30.3 Å². The van der Waals surface area contributed by atoms with Crippen LogP contribution in [0.2, 0.25) is 0 Å². The summed E-state index contributed by atoms with van der Waals surface area (Å²) in [6.45, 7) is 2.65. The number of nitrogens with one attached hydrogen (secondary N) is 2. The highest BCUT2D eigenvalue weighted by molar-refractivity contribution is 7.85. The third-order valence-corrected chi connectivity index (χ3v) is 5.67. The molecule has 0 bridgehead atoms. The Kier molecular flexibility index (Phi) is 6.97. The van der Waals surface area contributed by atoms with Crippen molar-refractivity contribution in [3.8, 4) is 5.69 Å². The van der Waals surface area contributed by atoms with Crippen LogP contribution in [0.5, 0.6) is 0 Å². The number of aromatic nitrogens is 2. The third-order valence-electron chi connectivity index (χ3n) is 4.30. The third kappa shape index (κ3) is 5.29. The molecule has 0 radical (unpaired) electrons. The molecule has 0 fully saturated rings. The maximum atomic E-state index is 12.3. The minimum absolute atomic E-state index is 0.0568. The SMILES string of the molecule is CN=C(NCCS(=O)c1ccccc1)NC(C)c1cccc(-n2cccn2)c1. The molecule has 2 aromatic carbocycles. The number of hydrogen-bond acceptors (Lipinski definition) is 3. The molecule has 3 rings (SSSR count). The molecule has 1 aromatic heterocycles. The van der Waals surface area contributed by atoms with E-state index in [1.54, 1.807) is 13.2 Å². The Morgan fingerprint density at radius 2 is 2.00 bits per heavy atom. The maximum Gasteiger partial charge on any atom is 0.191 e. The zero-order chi connectivity index (χ0) is 19.8. The van der Waals surface area contributed by atoms with Gasteiger partial charge in [-0.2, -0.15) is 5.10 Å². The number of nitrogens with zero attached hydrogens (tertiary/aromatic N) is 3. The lowest BCUT2D eigenvalue weighted by Crippen LogP contribution is -2.40. The van der Waals surface area contributed by atoms with Gasteiger partial charge in [0.2, 0.25) is 0 Å². The number of benzene rings is 2. The molecule has 6 nitrogen and oxygen atoms in total. The van der Waals surface area contributed by atoms with E-state index in [2.05, 4.69) is 39.8 Å². The number of hydrogen-bond donors (Lipinski definition) is 2. The molecule has 2 unspecified atom stereocenters. The summed E-state index contributed by atoms with van der Waals surface area (Å²) in [5.41, 5.74) is 2.14. The topological polar surface area (TPSA) is 71.3 Å². The van der Waals surface area contributed by atoms with E-state index < -0.39 is 10.8 Å². The van der Waals surface area contributed by atoms with Crippen LogP contribution < -0.4 is 10.6 Å². The fraction of sp³-hybridized carbons (Fsp3) is 0.238. The molecule has 2 N–H and O–H groups in total. The molecule has 0 saturated heterocycles. The molecule has 0 aliphatic carbocycles. The quantitative estimate of drug-likeness (QED) is 0.477. The zero-order valence-electron chi connectivity index (χ0n) is 16.1. The molecule has 3 aromatic rings. The van der Waals surface area contributed by atoms with Crippen molar-refractivity contribution in [1.82, 2.24) is 20.4 Å². The van der Waals surface area contributed by atoms with Crippen LogP contribution in [0.4, 0.5) is 0 Å². The van der Waals surface area contributed by atoms with E-state index in [1.165, 1.54) is 0 Å². The minimum atomic E-state index is -1.03. The average molecular weight is 396 g/mol. The second-order valence-electron chi connectivity index (χ2n) is 6.27. The van der Waals surface area contributed by atoms with Gasteiger partial charge >= 0.3 is 0 Å². The van der Waals surface area contributed by atoms with Gasteiger partial charge in [-0.25, -0.2) is 4.68 Å². The predicted molar refractivity (Wildman–Crippen MR) is 114 cm³/mol. The highest BCUT2D eigenvalue weighted by Crippen LogP contribution is 2.16.